The Morgan fingerprint density at radius 2 is 2.17 bits per heavy atom. The predicted octanol–water partition coefficient (Wildman–Crippen LogP) is 5.65. The molecule has 0 radical (unpaired) electrons. The van der Waals surface area contributed by atoms with Gasteiger partial charge in [-0.2, -0.15) is 0 Å². The minimum Gasteiger partial charge on any atom is -0.495 e. The summed E-state index contributed by atoms with van der Waals surface area (Å²) in [6.07, 6.45) is 7.27. The Kier molecular flexibility index (Phi) is 3.49. The minimum absolute atomic E-state index is 0.518. The lowest BCUT2D eigenvalue weighted by Gasteiger charge is -2.34. The summed E-state index contributed by atoms with van der Waals surface area (Å²) in [7, 11) is 1.72. The number of benzene rings is 1. The van der Waals surface area contributed by atoms with Crippen molar-refractivity contribution in [3.05, 3.63) is 58.8 Å². The lowest BCUT2D eigenvalue weighted by Crippen LogP contribution is -2.23. The average Bonchev–Trinajstić information content (AvgIpc) is 3.01. The van der Waals surface area contributed by atoms with Crippen LogP contribution in [0.2, 0.25) is 0 Å². The first-order valence-corrected chi connectivity index (χ1v) is 8.60. The van der Waals surface area contributed by atoms with Gasteiger partial charge in [0.1, 0.15) is 5.75 Å². The van der Waals surface area contributed by atoms with Crippen molar-refractivity contribution in [2.75, 3.05) is 12.0 Å². The number of ether oxygens (including phenoxy) is 1. The van der Waals surface area contributed by atoms with E-state index in [2.05, 4.69) is 49.1 Å². The van der Waals surface area contributed by atoms with Gasteiger partial charge < -0.3 is 9.15 Å². The molecule has 1 aromatic heterocycles. The fourth-order valence-corrected chi connectivity index (χ4v) is 4.14. The van der Waals surface area contributed by atoms with Crippen LogP contribution in [0, 0.1) is 12.8 Å². The first-order chi connectivity index (χ1) is 11.2. The van der Waals surface area contributed by atoms with Gasteiger partial charge in [0.25, 0.3) is 0 Å². The van der Waals surface area contributed by atoms with Gasteiger partial charge in [-0.1, -0.05) is 36.9 Å². The lowest BCUT2D eigenvalue weighted by atomic mass is 9.98. The number of hydrogen-bond donors (Lipinski definition) is 0. The van der Waals surface area contributed by atoms with E-state index in [0.29, 0.717) is 5.92 Å². The van der Waals surface area contributed by atoms with Crippen LogP contribution in [0.25, 0.3) is 0 Å². The number of anilines is 2. The highest BCUT2D eigenvalue weighted by atomic mass is 32.2. The molecular formula is C19H19NO2S. The van der Waals surface area contributed by atoms with Crippen LogP contribution in [0.5, 0.6) is 5.75 Å². The summed E-state index contributed by atoms with van der Waals surface area (Å²) < 4.78 is 11.5. The maximum Gasteiger partial charge on any atom is 0.218 e. The number of allylic oxidation sites excluding steroid dienone is 3. The van der Waals surface area contributed by atoms with Gasteiger partial charge in [0, 0.05) is 10.6 Å². The molecule has 3 nitrogen and oxygen atoms in total. The molecule has 118 valence electrons. The number of furan rings is 1. The first kappa shape index (κ1) is 14.5. The molecule has 1 unspecified atom stereocenters. The molecule has 2 aromatic rings. The number of methoxy groups -OCH3 is 1. The van der Waals surface area contributed by atoms with Crippen LogP contribution in [0.1, 0.15) is 18.9 Å². The second kappa shape index (κ2) is 5.53. The van der Waals surface area contributed by atoms with Crippen molar-refractivity contribution in [3.63, 3.8) is 0 Å². The quantitative estimate of drug-likeness (QED) is 0.712. The summed E-state index contributed by atoms with van der Waals surface area (Å²) in [6, 6.07) is 8.33. The Morgan fingerprint density at radius 1 is 1.30 bits per heavy atom. The van der Waals surface area contributed by atoms with Crippen molar-refractivity contribution in [1.82, 2.24) is 0 Å². The molecule has 1 aliphatic carbocycles. The Morgan fingerprint density at radius 3 is 3.00 bits per heavy atom. The normalized spacial score (nSPS) is 19.6. The van der Waals surface area contributed by atoms with E-state index < -0.39 is 0 Å². The number of thioether (sulfide) groups is 1. The topological polar surface area (TPSA) is 25.6 Å². The van der Waals surface area contributed by atoms with Gasteiger partial charge in [0.05, 0.1) is 24.0 Å². The molecule has 2 heterocycles. The highest BCUT2D eigenvalue weighted by molar-refractivity contribution is 8.03. The molecule has 0 bridgehead atoms. The van der Waals surface area contributed by atoms with E-state index in [1.165, 1.54) is 16.2 Å². The Hall–Kier alpha value is -2.07. The van der Waals surface area contributed by atoms with Crippen LogP contribution in [-0.4, -0.2) is 7.11 Å². The molecule has 23 heavy (non-hydrogen) atoms. The number of nitrogens with zero attached hydrogens (tertiary/aromatic N) is 1. The SMILES string of the molecule is COc1cc(C)ccc1N1C2=C(C=CC(C)C2)Sc2ccoc21. The largest absolute Gasteiger partial charge is 0.495 e. The van der Waals surface area contributed by atoms with Crippen molar-refractivity contribution in [2.24, 2.45) is 5.92 Å². The van der Waals surface area contributed by atoms with Crippen molar-refractivity contribution >= 4 is 23.3 Å². The number of fused-ring (bicyclic) bond motifs is 1. The van der Waals surface area contributed by atoms with Gasteiger partial charge >= 0.3 is 0 Å². The third kappa shape index (κ3) is 2.38. The summed E-state index contributed by atoms with van der Waals surface area (Å²) in [6.45, 7) is 4.32. The third-order valence-corrected chi connectivity index (χ3v) is 5.38. The summed E-state index contributed by atoms with van der Waals surface area (Å²) in [5.41, 5.74) is 3.50. The summed E-state index contributed by atoms with van der Waals surface area (Å²) in [5, 5.41) is 0. The molecule has 1 aromatic carbocycles. The molecular weight excluding hydrogens is 306 g/mol. The average molecular weight is 325 g/mol. The van der Waals surface area contributed by atoms with E-state index in [-0.39, 0.29) is 0 Å². The number of rotatable bonds is 2. The van der Waals surface area contributed by atoms with Gasteiger partial charge in [-0.15, -0.1) is 0 Å². The van der Waals surface area contributed by atoms with E-state index in [1.54, 1.807) is 25.1 Å². The second-order valence-electron chi connectivity index (χ2n) is 6.05. The zero-order valence-electron chi connectivity index (χ0n) is 13.5. The van der Waals surface area contributed by atoms with Crippen LogP contribution >= 0.6 is 11.8 Å². The van der Waals surface area contributed by atoms with Gasteiger partial charge in [-0.05, 0) is 43.0 Å². The molecule has 0 saturated carbocycles. The highest BCUT2D eigenvalue weighted by Gasteiger charge is 2.32. The molecule has 0 saturated heterocycles. The van der Waals surface area contributed by atoms with Crippen molar-refractivity contribution in [3.8, 4) is 5.75 Å². The third-order valence-electron chi connectivity index (χ3n) is 4.25. The van der Waals surface area contributed by atoms with E-state index >= 15 is 0 Å². The standard InChI is InChI=1S/C19H19NO2S/c1-12-5-7-17-15(10-12)20(19-18(23-17)8-9-22-19)14-6-4-13(2)11-16(14)21-3/h4-9,11-12H,10H2,1-3H3. The zero-order chi connectivity index (χ0) is 16.0. The molecule has 0 fully saturated rings. The van der Waals surface area contributed by atoms with Crippen LogP contribution < -0.4 is 9.64 Å². The lowest BCUT2D eigenvalue weighted by molar-refractivity contribution is 0.414. The Bertz CT molecular complexity index is 819. The number of hydrogen-bond acceptors (Lipinski definition) is 4. The molecule has 2 aliphatic rings. The predicted molar refractivity (Wildman–Crippen MR) is 94.4 cm³/mol. The maximum absolute atomic E-state index is 5.83. The van der Waals surface area contributed by atoms with Gasteiger partial charge in [-0.3, -0.25) is 4.90 Å². The molecule has 4 rings (SSSR count). The summed E-state index contributed by atoms with van der Waals surface area (Å²) >= 11 is 1.78. The van der Waals surface area contributed by atoms with Gasteiger partial charge in [-0.25, -0.2) is 0 Å². The van der Waals surface area contributed by atoms with E-state index in [9.17, 15) is 0 Å². The van der Waals surface area contributed by atoms with Crippen LogP contribution in [0.3, 0.4) is 0 Å². The molecule has 0 N–H and O–H groups in total. The summed E-state index contributed by atoms with van der Waals surface area (Å²) in [4.78, 5) is 4.66. The Labute approximate surface area is 140 Å². The van der Waals surface area contributed by atoms with E-state index in [4.69, 9.17) is 9.15 Å². The van der Waals surface area contributed by atoms with Crippen molar-refractivity contribution in [1.29, 1.82) is 0 Å². The van der Waals surface area contributed by atoms with Crippen molar-refractivity contribution in [2.45, 2.75) is 25.2 Å². The molecule has 0 amide bonds. The van der Waals surface area contributed by atoms with Crippen LogP contribution in [0.15, 0.2) is 62.6 Å². The molecule has 0 spiro atoms. The monoisotopic (exact) mass is 325 g/mol. The molecule has 4 heteroatoms. The van der Waals surface area contributed by atoms with Crippen LogP contribution in [0.4, 0.5) is 11.6 Å². The van der Waals surface area contributed by atoms with Crippen LogP contribution in [-0.2, 0) is 0 Å². The fourth-order valence-electron chi connectivity index (χ4n) is 3.11. The van der Waals surface area contributed by atoms with Crippen molar-refractivity contribution < 1.29 is 9.15 Å². The molecule has 1 aliphatic heterocycles. The molecule has 1 atom stereocenters. The Balaban J connectivity index is 1.91. The first-order valence-electron chi connectivity index (χ1n) is 7.79. The van der Waals surface area contributed by atoms with Gasteiger partial charge in [0.2, 0.25) is 5.88 Å². The maximum atomic E-state index is 5.83. The zero-order valence-corrected chi connectivity index (χ0v) is 14.3. The minimum atomic E-state index is 0.518. The smallest absolute Gasteiger partial charge is 0.218 e. The highest BCUT2D eigenvalue weighted by Crippen LogP contribution is 2.52. The second-order valence-corrected chi connectivity index (χ2v) is 7.14. The van der Waals surface area contributed by atoms with E-state index in [1.807, 2.05) is 6.07 Å². The summed E-state index contributed by atoms with van der Waals surface area (Å²) in [5.74, 6) is 2.27. The number of aryl methyl sites for hydroxylation is 1. The van der Waals surface area contributed by atoms with Gasteiger partial charge in [0.15, 0.2) is 0 Å². The van der Waals surface area contributed by atoms with E-state index in [0.717, 1.165) is 28.6 Å². The fraction of sp³-hybridized carbons (Fsp3) is 0.263.